The summed E-state index contributed by atoms with van der Waals surface area (Å²) in [4.78, 5) is 11.6. The van der Waals surface area contributed by atoms with Gasteiger partial charge >= 0.3 is 5.97 Å². The van der Waals surface area contributed by atoms with E-state index in [9.17, 15) is 15.0 Å². The SMILES string of the molecule is CSN1CCC(O)(CCNC23CCCC2C2CCC4C5(C)CC=C(C6=CCC(C(=O)O)CC6)C(C)C5CCC4(C)C2CC3)CC1. The van der Waals surface area contributed by atoms with Crippen molar-refractivity contribution in [2.75, 3.05) is 25.9 Å². The van der Waals surface area contributed by atoms with Crippen molar-refractivity contribution in [1.29, 1.82) is 0 Å². The van der Waals surface area contributed by atoms with Gasteiger partial charge in [-0.3, -0.25) is 9.10 Å². The van der Waals surface area contributed by atoms with E-state index in [0.717, 1.165) is 81.3 Å². The number of rotatable bonds is 7. The van der Waals surface area contributed by atoms with Crippen molar-refractivity contribution in [3.05, 3.63) is 23.3 Å². The zero-order valence-electron chi connectivity index (χ0n) is 28.8. The van der Waals surface area contributed by atoms with Crippen LogP contribution in [0.15, 0.2) is 23.3 Å². The maximum Gasteiger partial charge on any atom is 0.306 e. The molecule has 0 spiro atoms. The maximum absolute atomic E-state index is 11.6. The van der Waals surface area contributed by atoms with Crippen LogP contribution in [0, 0.1) is 52.3 Å². The molecule has 5 nitrogen and oxygen atoms in total. The van der Waals surface area contributed by atoms with Crippen molar-refractivity contribution in [1.82, 2.24) is 9.62 Å². The molecule has 0 amide bonds. The number of aliphatic hydroxyl groups is 1. The third-order valence-electron chi connectivity index (χ3n) is 15.8. The second-order valence-electron chi connectivity index (χ2n) is 17.5. The van der Waals surface area contributed by atoms with Crippen molar-refractivity contribution in [2.45, 2.75) is 135 Å². The summed E-state index contributed by atoms with van der Waals surface area (Å²) in [5.41, 5.74) is 3.69. The monoisotopic (exact) mass is 638 g/mol. The Morgan fingerprint density at radius 1 is 0.956 bits per heavy atom. The van der Waals surface area contributed by atoms with Crippen LogP contribution < -0.4 is 5.32 Å². The topological polar surface area (TPSA) is 72.8 Å². The Balaban J connectivity index is 1.03. The Morgan fingerprint density at radius 2 is 1.73 bits per heavy atom. The highest BCUT2D eigenvalue weighted by atomic mass is 32.2. The first-order valence-corrected chi connectivity index (χ1v) is 20.1. The molecule has 0 aromatic heterocycles. The molecule has 5 fully saturated rings. The van der Waals surface area contributed by atoms with E-state index in [2.05, 4.69) is 48.8 Å². The molecule has 10 atom stereocenters. The number of carboxylic acid groups (broad SMARTS) is 1. The number of hydrogen-bond donors (Lipinski definition) is 3. The fourth-order valence-corrected chi connectivity index (χ4v) is 13.9. The molecule has 10 unspecified atom stereocenters. The highest BCUT2D eigenvalue weighted by Gasteiger charge is 2.64. The first-order chi connectivity index (χ1) is 21.5. The lowest BCUT2D eigenvalue weighted by Gasteiger charge is -2.67. The van der Waals surface area contributed by atoms with Crippen LogP contribution in [0.5, 0.6) is 0 Å². The molecule has 6 heteroatoms. The highest BCUT2D eigenvalue weighted by molar-refractivity contribution is 7.96. The molecule has 6 aliphatic carbocycles. The molecule has 7 rings (SSSR count). The third kappa shape index (κ3) is 5.52. The van der Waals surface area contributed by atoms with Crippen molar-refractivity contribution in [2.24, 2.45) is 52.3 Å². The number of fused-ring (bicyclic) bond motifs is 7. The second kappa shape index (κ2) is 12.3. The molecular formula is C39H62N2O3S. The number of allylic oxidation sites excluding steroid dienone is 4. The summed E-state index contributed by atoms with van der Waals surface area (Å²) in [6, 6.07) is 0. The van der Waals surface area contributed by atoms with Gasteiger partial charge in [0.1, 0.15) is 0 Å². The Labute approximate surface area is 278 Å². The van der Waals surface area contributed by atoms with Crippen molar-refractivity contribution >= 4 is 17.9 Å². The molecular weight excluding hydrogens is 577 g/mol. The summed E-state index contributed by atoms with van der Waals surface area (Å²) in [6.45, 7) is 10.9. The lowest BCUT2D eigenvalue weighted by molar-refractivity contribution is -0.166. The van der Waals surface area contributed by atoms with E-state index in [1.165, 1.54) is 69.8 Å². The van der Waals surface area contributed by atoms with E-state index in [-0.39, 0.29) is 5.92 Å². The largest absolute Gasteiger partial charge is 0.481 e. The number of nitrogens with one attached hydrogen (secondary N) is 1. The van der Waals surface area contributed by atoms with Gasteiger partial charge in [0.25, 0.3) is 0 Å². The number of piperidine rings is 1. The number of aliphatic carboxylic acids is 1. The van der Waals surface area contributed by atoms with Crippen LogP contribution in [0.3, 0.4) is 0 Å². The maximum atomic E-state index is 11.6. The predicted molar refractivity (Wildman–Crippen MR) is 185 cm³/mol. The van der Waals surface area contributed by atoms with E-state index in [0.29, 0.717) is 28.7 Å². The third-order valence-corrected chi connectivity index (χ3v) is 16.7. The molecule has 1 aliphatic heterocycles. The standard InChI is InChI=1S/C39H62N2O3S/c1-26-29(27-7-9-28(10-8-27)35(42)43)13-17-36(2)31(26)14-18-37(3)32-15-19-39(16-5-6-33(39)30(32)11-12-34(36)37)40-23-20-38(44)21-24-41(45-4)25-22-38/h7,13,26,28,30-34,40,44H,5-6,8-12,14-25H2,1-4H3,(H,42,43). The average Bonchev–Trinajstić information content (AvgIpc) is 3.46. The lowest BCUT2D eigenvalue weighted by atomic mass is 9.38. The van der Waals surface area contributed by atoms with Gasteiger partial charge in [-0.15, -0.1) is 0 Å². The Bertz CT molecular complexity index is 1190. The molecule has 0 radical (unpaired) electrons. The minimum absolute atomic E-state index is 0.192. The summed E-state index contributed by atoms with van der Waals surface area (Å²) in [5, 5.41) is 25.1. The van der Waals surface area contributed by atoms with Gasteiger partial charge in [-0.2, -0.15) is 0 Å². The number of nitrogens with zero attached hydrogens (tertiary/aromatic N) is 1. The Morgan fingerprint density at radius 3 is 2.44 bits per heavy atom. The molecule has 45 heavy (non-hydrogen) atoms. The molecule has 0 aromatic carbocycles. The first kappa shape index (κ1) is 32.7. The van der Waals surface area contributed by atoms with Crippen LogP contribution >= 0.6 is 11.9 Å². The van der Waals surface area contributed by atoms with Gasteiger partial charge in [-0.1, -0.05) is 51.3 Å². The fraction of sp³-hybridized carbons (Fsp3) is 0.872. The zero-order valence-corrected chi connectivity index (χ0v) is 29.6. The van der Waals surface area contributed by atoms with Gasteiger partial charge in [0.15, 0.2) is 0 Å². The number of hydrogen-bond acceptors (Lipinski definition) is 5. The Hall–Kier alpha value is -0.820. The van der Waals surface area contributed by atoms with Crippen LogP contribution in [0.4, 0.5) is 0 Å². The van der Waals surface area contributed by atoms with Crippen molar-refractivity contribution < 1.29 is 15.0 Å². The van der Waals surface area contributed by atoms with Crippen molar-refractivity contribution in [3.8, 4) is 0 Å². The fourth-order valence-electron chi connectivity index (χ4n) is 13.4. The molecule has 3 N–H and O–H groups in total. The summed E-state index contributed by atoms with van der Waals surface area (Å²) in [5.74, 6) is 3.87. The predicted octanol–water partition coefficient (Wildman–Crippen LogP) is 8.25. The van der Waals surface area contributed by atoms with Crippen LogP contribution in [-0.4, -0.2) is 57.5 Å². The van der Waals surface area contributed by atoms with E-state index in [1.54, 1.807) is 5.57 Å². The van der Waals surface area contributed by atoms with E-state index >= 15 is 0 Å². The quantitative estimate of drug-likeness (QED) is 0.244. The number of carbonyl (C=O) groups is 1. The molecule has 1 saturated heterocycles. The minimum Gasteiger partial charge on any atom is -0.481 e. The summed E-state index contributed by atoms with van der Waals surface area (Å²) < 4.78 is 2.40. The molecule has 1 heterocycles. The molecule has 0 aromatic rings. The smallest absolute Gasteiger partial charge is 0.306 e. The van der Waals surface area contributed by atoms with E-state index in [4.69, 9.17) is 0 Å². The average molecular weight is 639 g/mol. The van der Waals surface area contributed by atoms with Gasteiger partial charge in [-0.25, -0.2) is 0 Å². The van der Waals surface area contributed by atoms with Gasteiger partial charge < -0.3 is 15.5 Å². The van der Waals surface area contributed by atoms with Gasteiger partial charge in [0, 0.05) is 18.6 Å². The van der Waals surface area contributed by atoms with Crippen LogP contribution in [0.25, 0.3) is 0 Å². The molecule has 7 aliphatic rings. The van der Waals surface area contributed by atoms with Crippen molar-refractivity contribution in [3.63, 3.8) is 0 Å². The van der Waals surface area contributed by atoms with Crippen LogP contribution in [0.1, 0.15) is 124 Å². The molecule has 0 bridgehead atoms. The lowest BCUT2D eigenvalue weighted by Crippen LogP contribution is -2.63. The van der Waals surface area contributed by atoms with E-state index < -0.39 is 11.6 Å². The minimum atomic E-state index is -0.625. The highest BCUT2D eigenvalue weighted by Crippen LogP contribution is 2.70. The first-order valence-electron chi connectivity index (χ1n) is 18.9. The normalized spacial score (nSPS) is 46.2. The van der Waals surface area contributed by atoms with Crippen LogP contribution in [-0.2, 0) is 4.79 Å². The van der Waals surface area contributed by atoms with Gasteiger partial charge in [0.2, 0.25) is 0 Å². The van der Waals surface area contributed by atoms with Crippen LogP contribution in [0.2, 0.25) is 0 Å². The molecule has 252 valence electrons. The molecule has 4 saturated carbocycles. The van der Waals surface area contributed by atoms with E-state index in [1.807, 2.05) is 11.9 Å². The van der Waals surface area contributed by atoms with Gasteiger partial charge in [0.05, 0.1) is 11.5 Å². The van der Waals surface area contributed by atoms with Gasteiger partial charge in [-0.05, 0) is 167 Å². The summed E-state index contributed by atoms with van der Waals surface area (Å²) in [7, 11) is 0. The summed E-state index contributed by atoms with van der Waals surface area (Å²) in [6.07, 6.45) is 25.9. The summed E-state index contributed by atoms with van der Waals surface area (Å²) >= 11 is 1.82. The Kier molecular flexibility index (Phi) is 8.91. The zero-order chi connectivity index (χ0) is 31.6. The second-order valence-corrected chi connectivity index (χ2v) is 18.3. The number of carboxylic acids is 1.